The Bertz CT molecular complexity index is 1140. The Morgan fingerprint density at radius 2 is 1.71 bits per heavy atom. The number of ether oxygens (including phenoxy) is 1. The van der Waals surface area contributed by atoms with Crippen LogP contribution in [0.1, 0.15) is 54.4 Å². The van der Waals surface area contributed by atoms with Gasteiger partial charge in [-0.05, 0) is 49.4 Å². The lowest BCUT2D eigenvalue weighted by Gasteiger charge is -2.22. The Labute approximate surface area is 207 Å². The molecule has 2 aliphatic rings. The van der Waals surface area contributed by atoms with E-state index in [1.165, 1.54) is 29.6 Å². The quantitative estimate of drug-likeness (QED) is 0.552. The molecule has 1 aliphatic heterocycles. The Hall–Kier alpha value is -2.91. The predicted octanol–water partition coefficient (Wildman–Crippen LogP) is 2.88. The highest BCUT2D eigenvalue weighted by atomic mass is 32.2. The maximum Gasteiger partial charge on any atom is 0.251 e. The molecule has 1 heterocycles. The molecule has 1 saturated carbocycles. The van der Waals surface area contributed by atoms with Crippen LogP contribution < -0.4 is 15.4 Å². The molecule has 2 amide bonds. The summed E-state index contributed by atoms with van der Waals surface area (Å²) < 4.78 is 33.7. The lowest BCUT2D eigenvalue weighted by Crippen LogP contribution is -2.48. The average molecular weight is 500 g/mol. The van der Waals surface area contributed by atoms with E-state index in [-0.39, 0.29) is 28.2 Å². The first-order valence-corrected chi connectivity index (χ1v) is 13.7. The van der Waals surface area contributed by atoms with Crippen molar-refractivity contribution >= 4 is 21.8 Å². The van der Waals surface area contributed by atoms with E-state index in [9.17, 15) is 18.0 Å². The van der Waals surface area contributed by atoms with Gasteiger partial charge in [0, 0.05) is 31.1 Å². The smallest absolute Gasteiger partial charge is 0.251 e. The molecule has 2 N–H and O–H groups in total. The van der Waals surface area contributed by atoms with Crippen molar-refractivity contribution in [2.75, 3.05) is 20.2 Å². The van der Waals surface area contributed by atoms with Crippen LogP contribution in [0.5, 0.6) is 5.75 Å². The van der Waals surface area contributed by atoms with Crippen LogP contribution in [0.3, 0.4) is 0 Å². The number of nitrogens with one attached hydrogen (secondary N) is 2. The van der Waals surface area contributed by atoms with Crippen LogP contribution in [0.4, 0.5) is 0 Å². The van der Waals surface area contributed by atoms with Crippen molar-refractivity contribution in [3.8, 4) is 5.75 Å². The number of amides is 2. The first-order valence-electron chi connectivity index (χ1n) is 12.2. The topological polar surface area (TPSA) is 105 Å². The molecule has 2 fully saturated rings. The van der Waals surface area contributed by atoms with E-state index in [0.717, 1.165) is 44.1 Å². The SMILES string of the molecule is COc1ccc(C(=O)NC(Cc2ccccc2)C(=O)NC2CC2)cc1S(=O)(=O)N1CCCCCC1. The number of hydrogen-bond donors (Lipinski definition) is 2. The van der Waals surface area contributed by atoms with Crippen LogP contribution in [0.25, 0.3) is 0 Å². The lowest BCUT2D eigenvalue weighted by molar-refractivity contribution is -0.123. The summed E-state index contributed by atoms with van der Waals surface area (Å²) in [5, 5.41) is 5.78. The van der Waals surface area contributed by atoms with Gasteiger partial charge in [0.15, 0.2) is 0 Å². The third kappa shape index (κ3) is 6.41. The van der Waals surface area contributed by atoms with E-state index >= 15 is 0 Å². The highest BCUT2D eigenvalue weighted by molar-refractivity contribution is 7.89. The maximum absolute atomic E-state index is 13.4. The van der Waals surface area contributed by atoms with Gasteiger partial charge in [0.1, 0.15) is 16.7 Å². The van der Waals surface area contributed by atoms with Crippen LogP contribution in [0.2, 0.25) is 0 Å². The molecule has 0 bridgehead atoms. The third-order valence-corrected chi connectivity index (χ3v) is 8.36. The Kier molecular flexibility index (Phi) is 8.07. The van der Waals surface area contributed by atoms with Gasteiger partial charge in [0.05, 0.1) is 7.11 Å². The molecule has 4 rings (SSSR count). The van der Waals surface area contributed by atoms with E-state index in [4.69, 9.17) is 4.74 Å². The number of nitrogens with zero attached hydrogens (tertiary/aromatic N) is 1. The van der Waals surface area contributed by atoms with Gasteiger partial charge in [-0.3, -0.25) is 9.59 Å². The Morgan fingerprint density at radius 3 is 2.34 bits per heavy atom. The fraction of sp³-hybridized carbons (Fsp3) is 0.462. The van der Waals surface area contributed by atoms with Crippen LogP contribution >= 0.6 is 0 Å². The van der Waals surface area contributed by atoms with Crippen molar-refractivity contribution in [3.63, 3.8) is 0 Å². The normalized spacial score (nSPS) is 17.7. The van der Waals surface area contributed by atoms with Gasteiger partial charge in [0.25, 0.3) is 5.91 Å². The highest BCUT2D eigenvalue weighted by Gasteiger charge is 2.31. The van der Waals surface area contributed by atoms with Crippen molar-refractivity contribution in [2.24, 2.45) is 0 Å². The summed E-state index contributed by atoms with van der Waals surface area (Å²) in [5.41, 5.74) is 1.08. The Morgan fingerprint density at radius 1 is 1.03 bits per heavy atom. The number of carbonyl (C=O) groups excluding carboxylic acids is 2. The molecule has 1 atom stereocenters. The van der Waals surface area contributed by atoms with Crippen LogP contribution in [-0.4, -0.2) is 56.8 Å². The summed E-state index contributed by atoms with van der Waals surface area (Å²) in [4.78, 5) is 26.1. The second-order valence-electron chi connectivity index (χ2n) is 9.18. The van der Waals surface area contributed by atoms with Crippen LogP contribution in [0, 0.1) is 0 Å². The summed E-state index contributed by atoms with van der Waals surface area (Å²) >= 11 is 0. The summed E-state index contributed by atoms with van der Waals surface area (Å²) in [6.45, 7) is 0.894. The standard InChI is InChI=1S/C26H33N3O5S/c1-34-23-14-11-20(18-24(23)35(32,33)29-15-7-2-3-8-16-29)25(30)28-22(26(31)27-21-12-13-21)17-19-9-5-4-6-10-19/h4-6,9-11,14,18,21-22H,2-3,7-8,12-13,15-17H2,1H3,(H,27,31)(H,28,30). The van der Waals surface area contributed by atoms with Crippen molar-refractivity contribution in [1.29, 1.82) is 0 Å². The van der Waals surface area contributed by atoms with Gasteiger partial charge in [0.2, 0.25) is 15.9 Å². The molecule has 0 radical (unpaired) electrons. The third-order valence-electron chi connectivity index (χ3n) is 6.44. The summed E-state index contributed by atoms with van der Waals surface area (Å²) in [7, 11) is -2.42. The molecule has 9 heteroatoms. The summed E-state index contributed by atoms with van der Waals surface area (Å²) in [6.07, 6.45) is 5.81. The van der Waals surface area contributed by atoms with Crippen molar-refractivity contribution in [2.45, 2.75) is 61.9 Å². The number of sulfonamides is 1. The molecule has 2 aromatic rings. The molecular formula is C26H33N3O5S. The van der Waals surface area contributed by atoms with Gasteiger partial charge in [-0.1, -0.05) is 43.2 Å². The van der Waals surface area contributed by atoms with Crippen LogP contribution in [-0.2, 0) is 21.2 Å². The molecule has 188 valence electrons. The van der Waals surface area contributed by atoms with Gasteiger partial charge in [-0.15, -0.1) is 0 Å². The molecule has 0 aromatic heterocycles. The summed E-state index contributed by atoms with van der Waals surface area (Å²) in [6, 6.07) is 13.2. The van der Waals surface area contributed by atoms with Gasteiger partial charge in [-0.25, -0.2) is 8.42 Å². The summed E-state index contributed by atoms with van der Waals surface area (Å²) in [5.74, 6) is -0.555. The molecule has 1 saturated heterocycles. The molecular weight excluding hydrogens is 466 g/mol. The highest BCUT2D eigenvalue weighted by Crippen LogP contribution is 2.29. The number of rotatable bonds is 9. The first kappa shape index (κ1) is 25.2. The van der Waals surface area contributed by atoms with E-state index in [0.29, 0.717) is 19.5 Å². The minimum Gasteiger partial charge on any atom is -0.495 e. The molecule has 2 aromatic carbocycles. The van der Waals surface area contributed by atoms with E-state index < -0.39 is 22.0 Å². The predicted molar refractivity (Wildman–Crippen MR) is 133 cm³/mol. The number of carbonyl (C=O) groups is 2. The molecule has 8 nitrogen and oxygen atoms in total. The minimum atomic E-state index is -3.84. The molecule has 1 aliphatic carbocycles. The van der Waals surface area contributed by atoms with Gasteiger partial charge < -0.3 is 15.4 Å². The first-order chi connectivity index (χ1) is 16.9. The minimum absolute atomic E-state index is 0.0309. The van der Waals surface area contributed by atoms with E-state index in [2.05, 4.69) is 10.6 Å². The second-order valence-corrected chi connectivity index (χ2v) is 11.1. The largest absolute Gasteiger partial charge is 0.495 e. The monoisotopic (exact) mass is 499 g/mol. The zero-order valence-electron chi connectivity index (χ0n) is 20.0. The van der Waals surface area contributed by atoms with Crippen molar-refractivity contribution in [1.82, 2.24) is 14.9 Å². The van der Waals surface area contributed by atoms with Crippen LogP contribution in [0.15, 0.2) is 53.4 Å². The van der Waals surface area contributed by atoms with Gasteiger partial charge in [-0.2, -0.15) is 4.31 Å². The molecule has 1 unspecified atom stereocenters. The van der Waals surface area contributed by atoms with Crippen molar-refractivity contribution in [3.05, 3.63) is 59.7 Å². The van der Waals surface area contributed by atoms with Gasteiger partial charge >= 0.3 is 0 Å². The number of methoxy groups -OCH3 is 1. The number of hydrogen-bond acceptors (Lipinski definition) is 5. The van der Waals surface area contributed by atoms with E-state index in [1.807, 2.05) is 30.3 Å². The maximum atomic E-state index is 13.4. The lowest BCUT2D eigenvalue weighted by atomic mass is 10.0. The molecule has 35 heavy (non-hydrogen) atoms. The fourth-order valence-electron chi connectivity index (χ4n) is 4.27. The second kappa shape index (κ2) is 11.2. The Balaban J connectivity index is 1.57. The fourth-order valence-corrected chi connectivity index (χ4v) is 5.97. The van der Waals surface area contributed by atoms with E-state index in [1.54, 1.807) is 0 Å². The number of benzene rings is 2. The molecule has 0 spiro atoms. The van der Waals surface area contributed by atoms with Crippen molar-refractivity contribution < 1.29 is 22.7 Å². The zero-order valence-corrected chi connectivity index (χ0v) is 20.9. The zero-order chi connectivity index (χ0) is 24.8. The average Bonchev–Trinajstić information content (AvgIpc) is 3.71.